The Hall–Kier alpha value is -2.98. The molecule has 3 aromatic rings. The van der Waals surface area contributed by atoms with E-state index in [-0.39, 0.29) is 12.3 Å². The standard InChI is InChI=1S/C18H18N4O5S/c1-20-16-14(17(23)21(2)18(20)24)15(12(8-19-16)9-27-3)28-10-11-4-6-13(7-5-11)22(25)26/h4-8H,9-10H2,1-3H3. The highest BCUT2D eigenvalue weighted by atomic mass is 32.2. The summed E-state index contributed by atoms with van der Waals surface area (Å²) in [5.74, 6) is 0.486. The number of pyridine rings is 1. The summed E-state index contributed by atoms with van der Waals surface area (Å²) in [5, 5.41) is 11.2. The lowest BCUT2D eigenvalue weighted by molar-refractivity contribution is -0.384. The first-order valence-electron chi connectivity index (χ1n) is 8.27. The zero-order valence-corrected chi connectivity index (χ0v) is 16.4. The molecule has 0 saturated heterocycles. The van der Waals surface area contributed by atoms with E-state index >= 15 is 0 Å². The number of aromatic nitrogens is 3. The maximum absolute atomic E-state index is 12.8. The molecule has 0 N–H and O–H groups in total. The van der Waals surface area contributed by atoms with Crippen molar-refractivity contribution in [3.8, 4) is 0 Å². The van der Waals surface area contributed by atoms with Crippen molar-refractivity contribution < 1.29 is 9.66 Å². The second-order valence-electron chi connectivity index (χ2n) is 6.16. The highest BCUT2D eigenvalue weighted by Gasteiger charge is 2.18. The lowest BCUT2D eigenvalue weighted by Gasteiger charge is -2.14. The Bertz CT molecular complexity index is 1170. The molecule has 10 heteroatoms. The third-order valence-electron chi connectivity index (χ3n) is 4.33. The van der Waals surface area contributed by atoms with Crippen LogP contribution in [0.4, 0.5) is 5.69 Å². The van der Waals surface area contributed by atoms with Gasteiger partial charge in [0.25, 0.3) is 11.2 Å². The fourth-order valence-corrected chi connectivity index (χ4v) is 3.96. The summed E-state index contributed by atoms with van der Waals surface area (Å²) in [6, 6.07) is 6.25. The van der Waals surface area contributed by atoms with E-state index in [9.17, 15) is 19.7 Å². The molecule has 0 spiro atoms. The third-order valence-corrected chi connectivity index (χ3v) is 5.56. The molecule has 2 aromatic heterocycles. The molecular formula is C18H18N4O5S. The number of fused-ring (bicyclic) bond motifs is 1. The summed E-state index contributed by atoms with van der Waals surface area (Å²) in [6.45, 7) is 0.261. The van der Waals surface area contributed by atoms with E-state index in [0.29, 0.717) is 21.7 Å². The van der Waals surface area contributed by atoms with Crippen LogP contribution < -0.4 is 11.2 Å². The van der Waals surface area contributed by atoms with Crippen LogP contribution in [-0.2, 0) is 31.2 Å². The second kappa shape index (κ2) is 7.95. The van der Waals surface area contributed by atoms with Gasteiger partial charge in [0.2, 0.25) is 0 Å². The van der Waals surface area contributed by atoms with Gasteiger partial charge in [-0.2, -0.15) is 0 Å². The smallest absolute Gasteiger partial charge is 0.332 e. The van der Waals surface area contributed by atoms with E-state index in [1.807, 2.05) is 0 Å². The van der Waals surface area contributed by atoms with Gasteiger partial charge in [0.05, 0.1) is 16.9 Å². The summed E-state index contributed by atoms with van der Waals surface area (Å²) < 4.78 is 7.62. The minimum absolute atomic E-state index is 0.0204. The van der Waals surface area contributed by atoms with E-state index in [2.05, 4.69) is 4.98 Å². The van der Waals surface area contributed by atoms with Gasteiger partial charge in [0.1, 0.15) is 5.65 Å². The van der Waals surface area contributed by atoms with Crippen LogP contribution in [0, 0.1) is 10.1 Å². The van der Waals surface area contributed by atoms with E-state index in [1.54, 1.807) is 32.5 Å². The predicted octanol–water partition coefficient (Wildman–Crippen LogP) is 1.98. The molecule has 2 heterocycles. The van der Waals surface area contributed by atoms with Gasteiger partial charge in [0, 0.05) is 55.7 Å². The lowest BCUT2D eigenvalue weighted by atomic mass is 10.2. The Kier molecular flexibility index (Phi) is 5.61. The monoisotopic (exact) mass is 402 g/mol. The second-order valence-corrected chi connectivity index (χ2v) is 7.15. The average Bonchev–Trinajstić information content (AvgIpc) is 2.69. The number of nitro groups is 1. The molecule has 0 bridgehead atoms. The Morgan fingerprint density at radius 2 is 1.86 bits per heavy atom. The van der Waals surface area contributed by atoms with Crippen molar-refractivity contribution >= 4 is 28.5 Å². The van der Waals surface area contributed by atoms with Crippen molar-refractivity contribution in [2.24, 2.45) is 14.1 Å². The van der Waals surface area contributed by atoms with Crippen LogP contribution in [0.2, 0.25) is 0 Å². The number of aryl methyl sites for hydroxylation is 1. The van der Waals surface area contributed by atoms with E-state index in [0.717, 1.165) is 15.7 Å². The van der Waals surface area contributed by atoms with Gasteiger partial charge < -0.3 is 4.74 Å². The van der Waals surface area contributed by atoms with Gasteiger partial charge in [-0.05, 0) is 5.56 Å². The zero-order chi connectivity index (χ0) is 20.4. The lowest BCUT2D eigenvalue weighted by Crippen LogP contribution is -2.37. The van der Waals surface area contributed by atoms with Crippen molar-refractivity contribution in [2.75, 3.05) is 7.11 Å². The minimum Gasteiger partial charge on any atom is -0.380 e. The predicted molar refractivity (Wildman–Crippen MR) is 106 cm³/mol. The highest BCUT2D eigenvalue weighted by Crippen LogP contribution is 2.31. The molecular weight excluding hydrogens is 384 g/mol. The summed E-state index contributed by atoms with van der Waals surface area (Å²) in [5.41, 5.74) is 1.06. The number of non-ortho nitro benzene ring substituents is 1. The van der Waals surface area contributed by atoms with Crippen molar-refractivity contribution in [3.63, 3.8) is 0 Å². The topological polar surface area (TPSA) is 109 Å². The average molecular weight is 402 g/mol. The number of methoxy groups -OCH3 is 1. The fraction of sp³-hybridized carbons (Fsp3) is 0.278. The Balaban J connectivity index is 2.09. The molecule has 0 amide bonds. The normalized spacial score (nSPS) is 11.1. The molecule has 0 aliphatic rings. The highest BCUT2D eigenvalue weighted by molar-refractivity contribution is 7.98. The van der Waals surface area contributed by atoms with Crippen molar-refractivity contribution in [2.45, 2.75) is 17.3 Å². The maximum Gasteiger partial charge on any atom is 0.332 e. The summed E-state index contributed by atoms with van der Waals surface area (Å²) in [7, 11) is 4.55. The Morgan fingerprint density at radius 3 is 2.46 bits per heavy atom. The van der Waals surface area contributed by atoms with Crippen LogP contribution in [0.3, 0.4) is 0 Å². The number of rotatable bonds is 6. The number of ether oxygens (including phenoxy) is 1. The molecule has 1 aromatic carbocycles. The first kappa shape index (κ1) is 19.8. The molecule has 0 saturated carbocycles. The van der Waals surface area contributed by atoms with Gasteiger partial charge in [0.15, 0.2) is 0 Å². The molecule has 3 rings (SSSR count). The Labute approximate surface area is 163 Å². The number of thioether (sulfide) groups is 1. The van der Waals surface area contributed by atoms with Gasteiger partial charge in [-0.3, -0.25) is 24.0 Å². The molecule has 9 nitrogen and oxygen atoms in total. The maximum atomic E-state index is 12.8. The molecule has 28 heavy (non-hydrogen) atoms. The molecule has 0 radical (unpaired) electrons. The molecule has 0 fully saturated rings. The number of nitro benzene ring substituents is 1. The van der Waals surface area contributed by atoms with E-state index < -0.39 is 16.2 Å². The molecule has 0 aliphatic heterocycles. The zero-order valence-electron chi connectivity index (χ0n) is 15.5. The fourth-order valence-electron chi connectivity index (χ4n) is 2.83. The molecule has 146 valence electrons. The van der Waals surface area contributed by atoms with Crippen LogP contribution in [0.1, 0.15) is 11.1 Å². The van der Waals surface area contributed by atoms with Crippen molar-refractivity contribution in [1.82, 2.24) is 14.1 Å². The number of hydrogen-bond donors (Lipinski definition) is 0. The third kappa shape index (κ3) is 3.56. The van der Waals surface area contributed by atoms with E-state index in [1.165, 1.54) is 35.5 Å². The molecule has 0 unspecified atom stereocenters. The summed E-state index contributed by atoms with van der Waals surface area (Å²) >= 11 is 1.40. The summed E-state index contributed by atoms with van der Waals surface area (Å²) in [4.78, 5) is 40.3. The van der Waals surface area contributed by atoms with E-state index in [4.69, 9.17) is 4.74 Å². The number of benzene rings is 1. The number of nitrogens with zero attached hydrogens (tertiary/aromatic N) is 4. The van der Waals surface area contributed by atoms with Gasteiger partial charge in [-0.1, -0.05) is 12.1 Å². The van der Waals surface area contributed by atoms with Crippen molar-refractivity contribution in [3.05, 3.63) is 72.5 Å². The Morgan fingerprint density at radius 1 is 1.18 bits per heavy atom. The first-order chi connectivity index (χ1) is 13.3. The summed E-state index contributed by atoms with van der Waals surface area (Å²) in [6.07, 6.45) is 1.60. The SMILES string of the molecule is COCc1cnc2c(c1SCc1ccc([N+](=O)[O-])cc1)c(=O)n(C)c(=O)n2C. The van der Waals surface area contributed by atoms with Gasteiger partial charge >= 0.3 is 5.69 Å². The van der Waals surface area contributed by atoms with Crippen LogP contribution >= 0.6 is 11.8 Å². The quantitative estimate of drug-likeness (QED) is 0.352. The van der Waals surface area contributed by atoms with Crippen LogP contribution in [-0.4, -0.2) is 26.2 Å². The van der Waals surface area contributed by atoms with Crippen LogP contribution in [0.5, 0.6) is 0 Å². The number of hydrogen-bond acceptors (Lipinski definition) is 7. The first-order valence-corrected chi connectivity index (χ1v) is 9.26. The van der Waals surface area contributed by atoms with Crippen molar-refractivity contribution in [1.29, 1.82) is 0 Å². The minimum atomic E-state index is -0.450. The molecule has 0 atom stereocenters. The van der Waals surface area contributed by atoms with Crippen LogP contribution in [0.25, 0.3) is 11.0 Å². The van der Waals surface area contributed by atoms with Crippen LogP contribution in [0.15, 0.2) is 44.9 Å². The van der Waals surface area contributed by atoms with Gasteiger partial charge in [-0.15, -0.1) is 11.8 Å². The molecule has 0 aliphatic carbocycles. The largest absolute Gasteiger partial charge is 0.380 e. The van der Waals surface area contributed by atoms with Gasteiger partial charge in [-0.25, -0.2) is 9.78 Å².